The van der Waals surface area contributed by atoms with Crippen LogP contribution < -0.4 is 5.56 Å². The van der Waals surface area contributed by atoms with Gasteiger partial charge in [0.05, 0.1) is 5.56 Å². The second-order valence-electron chi connectivity index (χ2n) is 3.29. The van der Waals surface area contributed by atoms with E-state index in [1.807, 2.05) is 0 Å². The molecule has 1 N–H and O–H groups in total. The molecule has 0 aliphatic rings. The van der Waals surface area contributed by atoms with Crippen LogP contribution in [-0.4, -0.2) is 14.8 Å². The molecule has 2 heterocycles. The van der Waals surface area contributed by atoms with Crippen molar-refractivity contribution in [3.8, 4) is 0 Å². The molecule has 2 rings (SSSR count). The van der Waals surface area contributed by atoms with Crippen LogP contribution in [0.4, 0.5) is 13.2 Å². The Labute approximate surface area is 87.7 Å². The molecule has 0 amide bonds. The van der Waals surface area contributed by atoms with E-state index >= 15 is 0 Å². The van der Waals surface area contributed by atoms with E-state index in [1.165, 1.54) is 10.9 Å². The number of pyridine rings is 1. The third-order valence-corrected chi connectivity index (χ3v) is 2.20. The smallest absolute Gasteiger partial charge is 0.305 e. The van der Waals surface area contributed by atoms with Gasteiger partial charge >= 0.3 is 6.18 Å². The molecule has 0 aromatic carbocycles. The van der Waals surface area contributed by atoms with Crippen LogP contribution >= 0.6 is 0 Å². The highest BCUT2D eigenvalue weighted by Crippen LogP contribution is 2.32. The molecule has 4 nitrogen and oxygen atoms in total. The van der Waals surface area contributed by atoms with E-state index < -0.39 is 17.3 Å². The molecule has 2 aromatic rings. The third kappa shape index (κ3) is 1.68. The van der Waals surface area contributed by atoms with E-state index in [1.54, 1.807) is 6.92 Å². The first-order valence-corrected chi connectivity index (χ1v) is 4.59. The maximum atomic E-state index is 12.6. The number of H-pyrrole nitrogens is 1. The van der Waals surface area contributed by atoms with Crippen LogP contribution in [-0.2, 0) is 12.7 Å². The van der Waals surface area contributed by atoms with Crippen LogP contribution in [0.1, 0.15) is 12.5 Å². The van der Waals surface area contributed by atoms with Gasteiger partial charge < -0.3 is 4.98 Å². The highest BCUT2D eigenvalue weighted by Gasteiger charge is 2.34. The summed E-state index contributed by atoms with van der Waals surface area (Å²) in [6.45, 7) is 2.19. The largest absolute Gasteiger partial charge is 0.417 e. The van der Waals surface area contributed by atoms with Gasteiger partial charge in [-0.2, -0.15) is 18.3 Å². The van der Waals surface area contributed by atoms with Gasteiger partial charge in [0.25, 0.3) is 0 Å². The molecule has 0 aliphatic heterocycles. The lowest BCUT2D eigenvalue weighted by Crippen LogP contribution is -2.13. The number of rotatable bonds is 1. The molecule has 16 heavy (non-hydrogen) atoms. The molecule has 0 atom stereocenters. The van der Waals surface area contributed by atoms with Crippen molar-refractivity contribution in [1.29, 1.82) is 0 Å². The zero-order valence-corrected chi connectivity index (χ0v) is 8.30. The van der Waals surface area contributed by atoms with E-state index in [2.05, 4.69) is 10.1 Å². The third-order valence-electron chi connectivity index (χ3n) is 2.20. The number of aryl methyl sites for hydroxylation is 1. The highest BCUT2D eigenvalue weighted by atomic mass is 19.4. The zero-order chi connectivity index (χ0) is 11.9. The Morgan fingerprint density at radius 1 is 1.50 bits per heavy atom. The first kappa shape index (κ1) is 10.7. The minimum Gasteiger partial charge on any atom is -0.305 e. The average molecular weight is 231 g/mol. The fourth-order valence-corrected chi connectivity index (χ4v) is 1.47. The summed E-state index contributed by atoms with van der Waals surface area (Å²) in [7, 11) is 0. The number of aromatic nitrogens is 3. The van der Waals surface area contributed by atoms with E-state index in [9.17, 15) is 18.0 Å². The SMILES string of the molecule is CCn1cc2c(C(F)(F)F)cc(=O)[nH]c2n1. The predicted octanol–water partition coefficient (Wildman–Crippen LogP) is 1.76. The van der Waals surface area contributed by atoms with Gasteiger partial charge in [-0.25, -0.2) is 0 Å². The Morgan fingerprint density at radius 2 is 2.19 bits per heavy atom. The standard InChI is InChI=1S/C9H8F3N3O/c1-2-15-4-5-6(9(10,11)12)3-7(16)13-8(5)14-15/h3-4H,2H2,1H3,(H,13,14,16). The van der Waals surface area contributed by atoms with Crippen molar-refractivity contribution >= 4 is 11.0 Å². The minimum atomic E-state index is -4.55. The number of nitrogens with one attached hydrogen (secondary N) is 1. The molecule has 7 heteroatoms. The van der Waals surface area contributed by atoms with Crippen molar-refractivity contribution in [2.24, 2.45) is 0 Å². The summed E-state index contributed by atoms with van der Waals surface area (Å²) in [5.41, 5.74) is -1.80. The lowest BCUT2D eigenvalue weighted by Gasteiger charge is -2.05. The molecular weight excluding hydrogens is 223 g/mol. The van der Waals surface area contributed by atoms with Gasteiger partial charge in [-0.05, 0) is 6.92 Å². The minimum absolute atomic E-state index is 0.0401. The molecule has 86 valence electrons. The number of fused-ring (bicyclic) bond motifs is 1. The Hall–Kier alpha value is -1.79. The van der Waals surface area contributed by atoms with Crippen LogP contribution in [0.5, 0.6) is 0 Å². The Bertz CT molecular complexity index is 582. The number of aromatic amines is 1. The molecule has 0 radical (unpaired) electrons. The molecule has 0 fully saturated rings. The molecule has 0 saturated carbocycles. The fourth-order valence-electron chi connectivity index (χ4n) is 1.47. The summed E-state index contributed by atoms with van der Waals surface area (Å²) in [6, 6.07) is 0.546. The maximum absolute atomic E-state index is 12.6. The normalized spacial score (nSPS) is 12.2. The van der Waals surface area contributed by atoms with Gasteiger partial charge in [0, 0.05) is 24.2 Å². The summed E-state index contributed by atoms with van der Waals surface area (Å²) in [6.07, 6.45) is -3.28. The Kier molecular flexibility index (Phi) is 2.25. The van der Waals surface area contributed by atoms with Gasteiger partial charge in [0.2, 0.25) is 5.56 Å². The summed E-state index contributed by atoms with van der Waals surface area (Å²) >= 11 is 0. The first-order valence-electron chi connectivity index (χ1n) is 4.59. The number of alkyl halides is 3. The fraction of sp³-hybridized carbons (Fsp3) is 0.333. The van der Waals surface area contributed by atoms with Crippen LogP contribution in [0, 0.1) is 0 Å². The number of nitrogens with zero attached hydrogens (tertiary/aromatic N) is 2. The van der Waals surface area contributed by atoms with Crippen molar-refractivity contribution in [3.63, 3.8) is 0 Å². The summed E-state index contributed by atoms with van der Waals surface area (Å²) in [5, 5.41) is 3.74. The van der Waals surface area contributed by atoms with Crippen molar-refractivity contribution in [2.75, 3.05) is 0 Å². The summed E-state index contributed by atoms with van der Waals surface area (Å²) in [4.78, 5) is 13.3. The predicted molar refractivity (Wildman–Crippen MR) is 51.0 cm³/mol. The Morgan fingerprint density at radius 3 is 2.75 bits per heavy atom. The van der Waals surface area contributed by atoms with Crippen LogP contribution in [0.3, 0.4) is 0 Å². The summed E-state index contributed by atoms with van der Waals surface area (Å²) in [5.74, 6) is 0. The molecular formula is C9H8F3N3O. The highest BCUT2D eigenvalue weighted by molar-refractivity contribution is 5.78. The topological polar surface area (TPSA) is 50.7 Å². The van der Waals surface area contributed by atoms with Crippen molar-refractivity contribution in [2.45, 2.75) is 19.6 Å². The average Bonchev–Trinajstić information content (AvgIpc) is 2.57. The van der Waals surface area contributed by atoms with Gasteiger partial charge in [-0.1, -0.05) is 0 Å². The van der Waals surface area contributed by atoms with Crippen LogP contribution in [0.15, 0.2) is 17.1 Å². The number of halogens is 3. The number of hydrogen-bond donors (Lipinski definition) is 1. The molecule has 0 aliphatic carbocycles. The van der Waals surface area contributed by atoms with E-state index in [-0.39, 0.29) is 11.0 Å². The molecule has 2 aromatic heterocycles. The van der Waals surface area contributed by atoms with Crippen molar-refractivity contribution < 1.29 is 13.2 Å². The molecule has 0 spiro atoms. The van der Waals surface area contributed by atoms with Gasteiger partial charge in [0.15, 0.2) is 5.65 Å². The lowest BCUT2D eigenvalue weighted by molar-refractivity contribution is -0.136. The lowest BCUT2D eigenvalue weighted by atomic mass is 10.2. The van der Waals surface area contributed by atoms with Gasteiger partial charge in [-0.3, -0.25) is 9.48 Å². The maximum Gasteiger partial charge on any atom is 0.417 e. The van der Waals surface area contributed by atoms with Crippen LogP contribution in [0.2, 0.25) is 0 Å². The summed E-state index contributed by atoms with van der Waals surface area (Å²) < 4.78 is 39.2. The van der Waals surface area contributed by atoms with Crippen LogP contribution in [0.25, 0.3) is 11.0 Å². The molecule has 0 bridgehead atoms. The first-order chi connectivity index (χ1) is 7.41. The second-order valence-corrected chi connectivity index (χ2v) is 3.29. The van der Waals surface area contributed by atoms with Gasteiger partial charge in [-0.15, -0.1) is 0 Å². The van der Waals surface area contributed by atoms with Crippen molar-refractivity contribution in [1.82, 2.24) is 14.8 Å². The molecule has 0 unspecified atom stereocenters. The van der Waals surface area contributed by atoms with Gasteiger partial charge in [0.1, 0.15) is 0 Å². The van der Waals surface area contributed by atoms with E-state index in [0.717, 1.165) is 0 Å². The molecule has 0 saturated heterocycles. The Balaban J connectivity index is 2.81. The van der Waals surface area contributed by atoms with E-state index in [4.69, 9.17) is 0 Å². The second kappa shape index (κ2) is 3.36. The van der Waals surface area contributed by atoms with Crippen molar-refractivity contribution in [3.05, 3.63) is 28.2 Å². The number of hydrogen-bond acceptors (Lipinski definition) is 2. The quantitative estimate of drug-likeness (QED) is 0.813. The zero-order valence-electron chi connectivity index (χ0n) is 8.30. The monoisotopic (exact) mass is 231 g/mol. The van der Waals surface area contributed by atoms with E-state index in [0.29, 0.717) is 12.6 Å².